The molecule has 1 saturated heterocycles. The number of primary amides is 1. The SMILES string of the molecule is C[C@]1(c2ccc3c(c2)OCO3)NC(=O)N(CN2Cc3ccccc3C[C@@H]2C(N)=O)C1=O. The number of hydrogen-bond acceptors (Lipinski definition) is 6. The van der Waals surface area contributed by atoms with Crippen LogP contribution in [0.5, 0.6) is 11.5 Å². The summed E-state index contributed by atoms with van der Waals surface area (Å²) < 4.78 is 10.7. The summed E-state index contributed by atoms with van der Waals surface area (Å²) in [5.74, 6) is 0.233. The standard InChI is InChI=1S/C22H22N4O5/c1-22(15-6-7-17-18(9-15)31-12-30-17)20(28)26(21(29)24-22)11-25-10-14-5-3-2-4-13(14)8-16(25)19(23)27/h2-7,9,16H,8,10-12H2,1H3,(H2,23,27)(H,24,29)/t16-,22-/m1/s1. The Bertz CT molecular complexity index is 1100. The van der Waals surface area contributed by atoms with E-state index in [1.165, 1.54) is 0 Å². The second-order valence-electron chi connectivity index (χ2n) is 8.14. The summed E-state index contributed by atoms with van der Waals surface area (Å²) in [6, 6.07) is 11.8. The molecule has 9 nitrogen and oxygen atoms in total. The highest BCUT2D eigenvalue weighted by Gasteiger charge is 2.50. The van der Waals surface area contributed by atoms with Crippen molar-refractivity contribution in [3.05, 3.63) is 59.2 Å². The van der Waals surface area contributed by atoms with E-state index in [1.54, 1.807) is 30.0 Å². The summed E-state index contributed by atoms with van der Waals surface area (Å²) in [6.45, 7) is 2.16. The lowest BCUT2D eigenvalue weighted by Crippen LogP contribution is -2.53. The van der Waals surface area contributed by atoms with Crippen molar-refractivity contribution in [2.75, 3.05) is 13.5 Å². The molecule has 5 rings (SSSR count). The molecule has 9 heteroatoms. The Balaban J connectivity index is 1.41. The van der Waals surface area contributed by atoms with Gasteiger partial charge < -0.3 is 20.5 Å². The number of ether oxygens (including phenoxy) is 2. The maximum Gasteiger partial charge on any atom is 0.326 e. The Morgan fingerprint density at radius 3 is 2.68 bits per heavy atom. The maximum absolute atomic E-state index is 13.4. The summed E-state index contributed by atoms with van der Waals surface area (Å²) in [7, 11) is 0. The first kappa shape index (κ1) is 19.4. The van der Waals surface area contributed by atoms with Crippen molar-refractivity contribution in [1.29, 1.82) is 0 Å². The van der Waals surface area contributed by atoms with E-state index in [2.05, 4.69) is 5.32 Å². The minimum Gasteiger partial charge on any atom is -0.454 e. The van der Waals surface area contributed by atoms with Gasteiger partial charge >= 0.3 is 6.03 Å². The lowest BCUT2D eigenvalue weighted by Gasteiger charge is -2.36. The molecule has 2 aromatic rings. The Hall–Kier alpha value is -3.59. The van der Waals surface area contributed by atoms with Crippen molar-refractivity contribution >= 4 is 17.8 Å². The maximum atomic E-state index is 13.4. The highest BCUT2D eigenvalue weighted by atomic mass is 16.7. The number of benzene rings is 2. The van der Waals surface area contributed by atoms with Crippen LogP contribution in [0, 0.1) is 0 Å². The third-order valence-electron chi connectivity index (χ3n) is 6.22. The molecule has 2 aromatic carbocycles. The molecule has 0 saturated carbocycles. The molecular weight excluding hydrogens is 400 g/mol. The Morgan fingerprint density at radius 2 is 1.90 bits per heavy atom. The second-order valence-corrected chi connectivity index (χ2v) is 8.14. The molecule has 0 spiro atoms. The molecule has 0 unspecified atom stereocenters. The van der Waals surface area contributed by atoms with E-state index in [4.69, 9.17) is 15.2 Å². The van der Waals surface area contributed by atoms with Gasteiger partial charge in [-0.05, 0) is 42.2 Å². The largest absolute Gasteiger partial charge is 0.454 e. The molecule has 2 atom stereocenters. The van der Waals surface area contributed by atoms with E-state index in [0.29, 0.717) is 30.0 Å². The molecule has 0 aliphatic carbocycles. The van der Waals surface area contributed by atoms with E-state index in [0.717, 1.165) is 16.0 Å². The zero-order chi connectivity index (χ0) is 21.8. The summed E-state index contributed by atoms with van der Waals surface area (Å²) in [5.41, 5.74) is 7.07. The number of carbonyl (C=O) groups excluding carboxylic acids is 3. The number of nitrogens with zero attached hydrogens (tertiary/aromatic N) is 2. The van der Waals surface area contributed by atoms with Gasteiger partial charge in [0.15, 0.2) is 11.5 Å². The van der Waals surface area contributed by atoms with Crippen molar-refractivity contribution in [3.8, 4) is 11.5 Å². The fourth-order valence-corrected chi connectivity index (χ4v) is 4.42. The summed E-state index contributed by atoms with van der Waals surface area (Å²) >= 11 is 0. The van der Waals surface area contributed by atoms with Crippen LogP contribution in [0.2, 0.25) is 0 Å². The van der Waals surface area contributed by atoms with E-state index in [1.807, 2.05) is 24.3 Å². The van der Waals surface area contributed by atoms with Gasteiger partial charge in [-0.3, -0.25) is 14.5 Å². The van der Waals surface area contributed by atoms with Crippen LogP contribution in [0.15, 0.2) is 42.5 Å². The fraction of sp³-hybridized carbons (Fsp3) is 0.318. The zero-order valence-electron chi connectivity index (χ0n) is 17.0. The van der Waals surface area contributed by atoms with E-state index < -0.39 is 29.4 Å². The normalized spacial score (nSPS) is 24.8. The smallest absolute Gasteiger partial charge is 0.326 e. The predicted molar refractivity (Wildman–Crippen MR) is 109 cm³/mol. The Kier molecular flexibility index (Phi) is 4.37. The van der Waals surface area contributed by atoms with Crippen molar-refractivity contribution in [3.63, 3.8) is 0 Å². The van der Waals surface area contributed by atoms with Crippen molar-refractivity contribution in [2.45, 2.75) is 31.5 Å². The van der Waals surface area contributed by atoms with Gasteiger partial charge in [-0.15, -0.1) is 0 Å². The van der Waals surface area contributed by atoms with Gasteiger partial charge in [-0.2, -0.15) is 0 Å². The number of nitrogens with two attached hydrogens (primary N) is 1. The molecule has 3 N–H and O–H groups in total. The van der Waals surface area contributed by atoms with Gasteiger partial charge in [-0.25, -0.2) is 9.69 Å². The lowest BCUT2D eigenvalue weighted by molar-refractivity contribution is -0.135. The minimum absolute atomic E-state index is 0.0350. The molecule has 0 radical (unpaired) electrons. The number of amides is 4. The first-order valence-corrected chi connectivity index (χ1v) is 10.0. The van der Waals surface area contributed by atoms with Crippen LogP contribution < -0.4 is 20.5 Å². The molecular formula is C22H22N4O5. The predicted octanol–water partition coefficient (Wildman–Crippen LogP) is 1.05. The van der Waals surface area contributed by atoms with Crippen molar-refractivity contribution in [2.24, 2.45) is 5.73 Å². The molecule has 3 aliphatic rings. The third-order valence-corrected chi connectivity index (χ3v) is 6.22. The highest BCUT2D eigenvalue weighted by Crippen LogP contribution is 2.38. The number of carbonyl (C=O) groups is 3. The molecule has 160 valence electrons. The monoisotopic (exact) mass is 422 g/mol. The number of fused-ring (bicyclic) bond motifs is 2. The average molecular weight is 422 g/mol. The van der Waals surface area contributed by atoms with Crippen LogP contribution in [-0.4, -0.2) is 47.1 Å². The second kappa shape index (κ2) is 6.98. The van der Waals surface area contributed by atoms with E-state index in [-0.39, 0.29) is 13.5 Å². The zero-order valence-corrected chi connectivity index (χ0v) is 17.0. The number of imide groups is 1. The van der Waals surface area contributed by atoms with Crippen LogP contribution in [-0.2, 0) is 28.1 Å². The number of hydrogen-bond donors (Lipinski definition) is 2. The molecule has 1 fully saturated rings. The average Bonchev–Trinajstić information content (AvgIpc) is 3.31. The number of rotatable bonds is 4. The van der Waals surface area contributed by atoms with Crippen LogP contribution in [0.4, 0.5) is 4.79 Å². The Morgan fingerprint density at radius 1 is 1.16 bits per heavy atom. The summed E-state index contributed by atoms with van der Waals surface area (Å²) in [6.07, 6.45) is 0.439. The van der Waals surface area contributed by atoms with Crippen LogP contribution >= 0.6 is 0 Å². The molecule has 4 amide bonds. The Labute approximate surface area is 178 Å². The van der Waals surface area contributed by atoms with Gasteiger partial charge in [0.1, 0.15) is 5.54 Å². The summed E-state index contributed by atoms with van der Waals surface area (Å²) in [4.78, 5) is 41.2. The number of nitrogens with one attached hydrogen (secondary N) is 1. The molecule has 31 heavy (non-hydrogen) atoms. The van der Waals surface area contributed by atoms with E-state index >= 15 is 0 Å². The van der Waals surface area contributed by atoms with Crippen LogP contribution in [0.25, 0.3) is 0 Å². The topological polar surface area (TPSA) is 114 Å². The van der Waals surface area contributed by atoms with Gasteiger partial charge in [0.2, 0.25) is 12.7 Å². The van der Waals surface area contributed by atoms with Crippen molar-refractivity contribution < 1.29 is 23.9 Å². The van der Waals surface area contributed by atoms with Gasteiger partial charge in [0.05, 0.1) is 12.7 Å². The molecule has 3 heterocycles. The van der Waals surface area contributed by atoms with Crippen molar-refractivity contribution in [1.82, 2.24) is 15.1 Å². The third kappa shape index (κ3) is 3.09. The first-order chi connectivity index (χ1) is 14.9. The fourth-order valence-electron chi connectivity index (χ4n) is 4.42. The summed E-state index contributed by atoms with van der Waals surface area (Å²) in [5, 5.41) is 2.79. The quantitative estimate of drug-likeness (QED) is 0.712. The highest BCUT2D eigenvalue weighted by molar-refractivity contribution is 6.07. The van der Waals surface area contributed by atoms with Gasteiger partial charge in [0.25, 0.3) is 5.91 Å². The van der Waals surface area contributed by atoms with Gasteiger partial charge in [-0.1, -0.05) is 30.3 Å². The number of urea groups is 1. The van der Waals surface area contributed by atoms with E-state index in [9.17, 15) is 14.4 Å². The lowest BCUT2D eigenvalue weighted by atomic mass is 9.91. The van der Waals surface area contributed by atoms with Crippen LogP contribution in [0.1, 0.15) is 23.6 Å². The van der Waals surface area contributed by atoms with Gasteiger partial charge in [0, 0.05) is 6.54 Å². The molecule has 3 aliphatic heterocycles. The van der Waals surface area contributed by atoms with Crippen LogP contribution in [0.3, 0.4) is 0 Å². The molecule has 0 aromatic heterocycles. The minimum atomic E-state index is -1.26. The molecule has 0 bridgehead atoms. The first-order valence-electron chi connectivity index (χ1n) is 10.0.